The van der Waals surface area contributed by atoms with Crippen LogP contribution in [-0.4, -0.2) is 30.6 Å². The van der Waals surface area contributed by atoms with Crippen LogP contribution in [-0.2, 0) is 0 Å². The molecule has 0 aromatic heterocycles. The fraction of sp³-hybridized carbons (Fsp3) is 0.538. The largest absolute Gasteiger partial charge is 0.397 e. The van der Waals surface area contributed by atoms with Gasteiger partial charge in [-0.3, -0.25) is 0 Å². The Morgan fingerprint density at radius 3 is 2.78 bits per heavy atom. The van der Waals surface area contributed by atoms with Crippen molar-refractivity contribution in [3.8, 4) is 0 Å². The zero-order chi connectivity index (χ0) is 13.1. The first-order chi connectivity index (χ1) is 8.56. The maximum Gasteiger partial charge on any atom is 0.139 e. The van der Waals surface area contributed by atoms with Crippen molar-refractivity contribution >= 4 is 27.3 Å². The topological polar surface area (TPSA) is 41.3 Å². The predicted molar refractivity (Wildman–Crippen MR) is 77.3 cm³/mol. The summed E-state index contributed by atoms with van der Waals surface area (Å²) in [4.78, 5) is 2.42. The van der Waals surface area contributed by atoms with Gasteiger partial charge < -0.3 is 16.0 Å². The minimum atomic E-state index is -0.292. The highest BCUT2D eigenvalue weighted by Crippen LogP contribution is 2.27. The number of likely N-dealkylation sites (tertiary alicyclic amines) is 1. The maximum atomic E-state index is 13.5. The number of nitrogens with one attached hydrogen (secondary N) is 1. The van der Waals surface area contributed by atoms with E-state index in [1.807, 2.05) is 0 Å². The summed E-state index contributed by atoms with van der Waals surface area (Å²) in [6.07, 6.45) is 2.56. The van der Waals surface area contributed by atoms with Crippen LogP contribution < -0.4 is 11.1 Å². The van der Waals surface area contributed by atoms with Crippen molar-refractivity contribution in [3.63, 3.8) is 0 Å². The molecule has 1 aromatic rings. The normalized spacial score (nSPS) is 17.9. The van der Waals surface area contributed by atoms with Crippen LogP contribution in [0.2, 0.25) is 0 Å². The number of benzene rings is 1. The standard InChI is InChI=1S/C13H19BrFN3/c1-9(8-18-4-2-3-5-18)17-13-7-11(15)10(14)6-12(13)16/h6-7,9,17H,2-5,8,16H2,1H3. The number of nitrogens with two attached hydrogens (primary N) is 1. The van der Waals surface area contributed by atoms with E-state index in [-0.39, 0.29) is 11.9 Å². The van der Waals surface area contributed by atoms with Crippen molar-refractivity contribution in [1.29, 1.82) is 0 Å². The molecule has 0 amide bonds. The lowest BCUT2D eigenvalue weighted by atomic mass is 10.2. The molecule has 18 heavy (non-hydrogen) atoms. The third-order valence-electron chi connectivity index (χ3n) is 3.23. The van der Waals surface area contributed by atoms with Crippen molar-refractivity contribution in [2.75, 3.05) is 30.7 Å². The molecular weight excluding hydrogens is 297 g/mol. The smallest absolute Gasteiger partial charge is 0.139 e. The summed E-state index contributed by atoms with van der Waals surface area (Å²) in [6, 6.07) is 3.30. The minimum absolute atomic E-state index is 0.256. The molecule has 1 atom stereocenters. The molecule has 5 heteroatoms. The van der Waals surface area contributed by atoms with E-state index in [4.69, 9.17) is 5.73 Å². The van der Waals surface area contributed by atoms with Gasteiger partial charge in [0.25, 0.3) is 0 Å². The van der Waals surface area contributed by atoms with Crippen molar-refractivity contribution in [2.45, 2.75) is 25.8 Å². The van der Waals surface area contributed by atoms with E-state index in [0.717, 1.165) is 19.6 Å². The van der Waals surface area contributed by atoms with E-state index in [1.165, 1.54) is 18.9 Å². The summed E-state index contributed by atoms with van der Waals surface area (Å²) >= 11 is 3.13. The van der Waals surface area contributed by atoms with Crippen molar-refractivity contribution < 1.29 is 4.39 Å². The Morgan fingerprint density at radius 2 is 2.11 bits per heavy atom. The van der Waals surface area contributed by atoms with Crippen LogP contribution in [0, 0.1) is 5.82 Å². The zero-order valence-electron chi connectivity index (χ0n) is 10.5. The third kappa shape index (κ3) is 3.36. The van der Waals surface area contributed by atoms with Crippen LogP contribution >= 0.6 is 15.9 Å². The maximum absolute atomic E-state index is 13.5. The first-order valence-electron chi connectivity index (χ1n) is 6.29. The number of nitrogens with zero attached hydrogens (tertiary/aromatic N) is 1. The lowest BCUT2D eigenvalue weighted by Crippen LogP contribution is -2.33. The molecule has 1 fully saturated rings. The van der Waals surface area contributed by atoms with Crippen molar-refractivity contribution in [2.24, 2.45) is 0 Å². The van der Waals surface area contributed by atoms with E-state index in [2.05, 4.69) is 33.1 Å². The second-order valence-electron chi connectivity index (χ2n) is 4.91. The second kappa shape index (κ2) is 5.89. The van der Waals surface area contributed by atoms with Crippen molar-refractivity contribution in [3.05, 3.63) is 22.4 Å². The first kappa shape index (κ1) is 13.6. The van der Waals surface area contributed by atoms with Gasteiger partial charge in [0.1, 0.15) is 5.82 Å². The Hall–Kier alpha value is -0.810. The van der Waals surface area contributed by atoms with E-state index >= 15 is 0 Å². The molecule has 1 heterocycles. The fourth-order valence-corrected chi connectivity index (χ4v) is 2.71. The molecule has 3 nitrogen and oxygen atoms in total. The first-order valence-corrected chi connectivity index (χ1v) is 7.09. The molecule has 100 valence electrons. The lowest BCUT2D eigenvalue weighted by molar-refractivity contribution is 0.328. The quantitative estimate of drug-likeness (QED) is 0.839. The number of hydrogen-bond donors (Lipinski definition) is 2. The van der Waals surface area contributed by atoms with Gasteiger partial charge >= 0.3 is 0 Å². The van der Waals surface area contributed by atoms with Crippen LogP contribution in [0.3, 0.4) is 0 Å². The Morgan fingerprint density at radius 1 is 1.44 bits per heavy atom. The predicted octanol–water partition coefficient (Wildman–Crippen LogP) is 3.07. The Balaban J connectivity index is 1.97. The zero-order valence-corrected chi connectivity index (χ0v) is 12.1. The highest BCUT2D eigenvalue weighted by Gasteiger charge is 2.15. The molecule has 1 saturated heterocycles. The van der Waals surface area contributed by atoms with Gasteiger partial charge in [-0.05, 0) is 54.9 Å². The molecule has 0 saturated carbocycles. The molecule has 1 unspecified atom stereocenters. The summed E-state index contributed by atoms with van der Waals surface area (Å²) in [5.74, 6) is -0.292. The van der Waals surface area contributed by atoms with Gasteiger partial charge in [0.05, 0.1) is 15.8 Å². The SMILES string of the molecule is CC(CN1CCCC1)Nc1cc(F)c(Br)cc1N. The Labute approximate surface area is 116 Å². The van der Waals surface area contributed by atoms with Crippen LogP contribution in [0.4, 0.5) is 15.8 Å². The Kier molecular flexibility index (Phi) is 4.45. The molecular formula is C13H19BrFN3. The molecule has 0 aliphatic carbocycles. The van der Waals surface area contributed by atoms with E-state index in [9.17, 15) is 4.39 Å². The summed E-state index contributed by atoms with van der Waals surface area (Å²) in [6.45, 7) is 5.39. The number of anilines is 2. The highest BCUT2D eigenvalue weighted by atomic mass is 79.9. The number of halogens is 2. The van der Waals surface area contributed by atoms with Crippen LogP contribution in [0.15, 0.2) is 16.6 Å². The summed E-state index contributed by atoms with van der Waals surface area (Å²) in [5, 5.41) is 3.28. The number of hydrogen-bond acceptors (Lipinski definition) is 3. The second-order valence-corrected chi connectivity index (χ2v) is 5.76. The average Bonchev–Trinajstić information content (AvgIpc) is 2.78. The van der Waals surface area contributed by atoms with Crippen molar-refractivity contribution in [1.82, 2.24) is 4.90 Å². The lowest BCUT2D eigenvalue weighted by Gasteiger charge is -2.22. The van der Waals surface area contributed by atoms with Gasteiger partial charge in [0.2, 0.25) is 0 Å². The average molecular weight is 316 g/mol. The van der Waals surface area contributed by atoms with Gasteiger partial charge in [-0.1, -0.05) is 0 Å². The van der Waals surface area contributed by atoms with Gasteiger partial charge in [-0.25, -0.2) is 4.39 Å². The van der Waals surface area contributed by atoms with Crippen LogP contribution in [0.1, 0.15) is 19.8 Å². The van der Waals surface area contributed by atoms with Crippen LogP contribution in [0.5, 0.6) is 0 Å². The van der Waals surface area contributed by atoms with E-state index < -0.39 is 0 Å². The fourth-order valence-electron chi connectivity index (χ4n) is 2.35. The molecule has 1 aliphatic heterocycles. The molecule has 1 aromatic carbocycles. The molecule has 0 spiro atoms. The molecule has 0 radical (unpaired) electrons. The minimum Gasteiger partial charge on any atom is -0.397 e. The molecule has 1 aliphatic rings. The monoisotopic (exact) mass is 315 g/mol. The summed E-state index contributed by atoms with van der Waals surface area (Å²) in [5.41, 5.74) is 7.11. The van der Waals surface area contributed by atoms with Gasteiger partial charge in [-0.2, -0.15) is 0 Å². The molecule has 2 rings (SSSR count). The van der Waals surface area contributed by atoms with E-state index in [1.54, 1.807) is 6.07 Å². The molecule has 3 N–H and O–H groups in total. The molecule has 0 bridgehead atoms. The van der Waals surface area contributed by atoms with E-state index in [0.29, 0.717) is 15.8 Å². The number of rotatable bonds is 4. The highest BCUT2D eigenvalue weighted by molar-refractivity contribution is 9.10. The van der Waals surface area contributed by atoms with Crippen LogP contribution in [0.25, 0.3) is 0 Å². The summed E-state index contributed by atoms with van der Waals surface area (Å²) < 4.78 is 13.9. The van der Waals surface area contributed by atoms with Gasteiger partial charge in [0, 0.05) is 18.7 Å². The number of nitrogen functional groups attached to an aromatic ring is 1. The van der Waals surface area contributed by atoms with Gasteiger partial charge in [-0.15, -0.1) is 0 Å². The van der Waals surface area contributed by atoms with Gasteiger partial charge in [0.15, 0.2) is 0 Å². The third-order valence-corrected chi connectivity index (χ3v) is 3.83. The summed E-state index contributed by atoms with van der Waals surface area (Å²) in [7, 11) is 0. The Bertz CT molecular complexity index is 419.